The average molecular weight is 739 g/mol. The van der Waals surface area contributed by atoms with E-state index in [1.165, 1.54) is 90.0 Å². The van der Waals surface area contributed by atoms with Gasteiger partial charge < -0.3 is 19.6 Å². The van der Waals surface area contributed by atoms with E-state index in [0.717, 1.165) is 0 Å². The number of aryl methyl sites for hydroxylation is 6. The van der Waals surface area contributed by atoms with Gasteiger partial charge in [-0.2, -0.15) is 0 Å². The molecule has 2 atom stereocenters. The molecular weight excluding hydrogens is 681 g/mol. The van der Waals surface area contributed by atoms with Gasteiger partial charge in [-0.15, -0.1) is 0 Å². The number of hydrogen-bond donors (Lipinski definition) is 0. The molecule has 2 unspecified atom stereocenters. The Morgan fingerprint density at radius 2 is 0.536 bits per heavy atom. The molecule has 0 N–H and O–H groups in total. The minimum absolute atomic E-state index is 0.0452. The highest BCUT2D eigenvalue weighted by Gasteiger charge is 2.52. The minimum atomic E-state index is -0.189. The van der Waals surface area contributed by atoms with Crippen LogP contribution in [0.15, 0.2) is 121 Å². The summed E-state index contributed by atoms with van der Waals surface area (Å²) in [4.78, 5) is 10.5. The van der Waals surface area contributed by atoms with Crippen molar-refractivity contribution >= 4 is 45.5 Å². The smallest absolute Gasteiger partial charge is 0.151 e. The van der Waals surface area contributed by atoms with Crippen LogP contribution < -0.4 is 19.6 Å². The van der Waals surface area contributed by atoms with Gasteiger partial charge in [0.15, 0.2) is 12.3 Å². The fraction of sp³-hybridized carbons (Fsp3) is 0.308. The molecule has 0 aromatic heterocycles. The molecule has 6 aromatic rings. The molecule has 4 heteroatoms. The number of rotatable bonds is 5. The maximum Gasteiger partial charge on any atom is 0.151 e. The summed E-state index contributed by atoms with van der Waals surface area (Å²) in [5.74, 6) is 0. The van der Waals surface area contributed by atoms with Crippen LogP contribution in [0.4, 0.5) is 45.5 Å². The monoisotopic (exact) mass is 738 g/mol. The lowest BCUT2D eigenvalue weighted by Crippen LogP contribution is -2.58. The molecule has 2 aliphatic heterocycles. The van der Waals surface area contributed by atoms with E-state index in [1.54, 1.807) is 0 Å². The van der Waals surface area contributed by atoms with Gasteiger partial charge in [0.05, 0.1) is 22.7 Å². The van der Waals surface area contributed by atoms with E-state index in [0.29, 0.717) is 0 Å². The molecule has 286 valence electrons. The third kappa shape index (κ3) is 6.43. The van der Waals surface area contributed by atoms with Gasteiger partial charge in [-0.25, -0.2) is 0 Å². The molecule has 0 saturated heterocycles. The van der Waals surface area contributed by atoms with Gasteiger partial charge in [-0.05, 0) is 159 Å². The van der Waals surface area contributed by atoms with Crippen molar-refractivity contribution in [1.29, 1.82) is 0 Å². The number of benzene rings is 6. The van der Waals surface area contributed by atoms with Crippen LogP contribution in [0.5, 0.6) is 0 Å². The summed E-state index contributed by atoms with van der Waals surface area (Å²) in [6.45, 7) is 27.1. The first-order chi connectivity index (χ1) is 26.5. The number of hydrogen-bond acceptors (Lipinski definition) is 4. The predicted molar refractivity (Wildman–Crippen MR) is 241 cm³/mol. The van der Waals surface area contributed by atoms with Gasteiger partial charge in [0.1, 0.15) is 0 Å². The Morgan fingerprint density at radius 3 is 0.750 bits per heavy atom. The van der Waals surface area contributed by atoms with Crippen LogP contribution in [0, 0.1) is 41.5 Å². The second-order valence-electron chi connectivity index (χ2n) is 18.4. The van der Waals surface area contributed by atoms with Gasteiger partial charge in [-0.1, -0.05) is 101 Å². The highest BCUT2D eigenvalue weighted by molar-refractivity contribution is 5.95. The third-order valence-corrected chi connectivity index (χ3v) is 12.2. The average Bonchev–Trinajstić information content (AvgIpc) is 3.63. The Kier molecular flexibility index (Phi) is 9.11. The molecule has 0 radical (unpaired) electrons. The van der Waals surface area contributed by atoms with Gasteiger partial charge in [0, 0.05) is 22.7 Å². The molecule has 0 amide bonds. The van der Waals surface area contributed by atoms with Crippen LogP contribution in [0.2, 0.25) is 0 Å². The lowest BCUT2D eigenvalue weighted by atomic mass is 9.87. The Balaban J connectivity index is 1.46. The normalized spacial score (nSPS) is 16.8. The van der Waals surface area contributed by atoms with E-state index >= 15 is 0 Å². The molecule has 0 aliphatic carbocycles. The van der Waals surface area contributed by atoms with Crippen LogP contribution in [-0.4, -0.2) is 12.3 Å². The second-order valence-corrected chi connectivity index (χ2v) is 18.4. The highest BCUT2D eigenvalue weighted by atomic mass is 15.5. The molecule has 2 aliphatic rings. The Bertz CT molecular complexity index is 2220. The molecule has 2 heterocycles. The first-order valence-electron chi connectivity index (χ1n) is 20.2. The van der Waals surface area contributed by atoms with Gasteiger partial charge in [0.2, 0.25) is 0 Å². The molecule has 0 spiro atoms. The topological polar surface area (TPSA) is 13.0 Å². The van der Waals surface area contributed by atoms with Crippen LogP contribution in [0.3, 0.4) is 0 Å². The Hall–Kier alpha value is -5.48. The summed E-state index contributed by atoms with van der Waals surface area (Å²) >= 11 is 0. The highest BCUT2D eigenvalue weighted by Crippen LogP contribution is 2.57. The number of anilines is 8. The standard InChI is InChI=1S/C52H58N4/c1-33-13-21-41(22-14-33)53-45-29-35(3)37(5)31-47(45)55(43-25-17-39(18-26-43)51(7,8)9)49(53)50-54(42-23-15-34(2)16-24-42)46-30-36(4)38(6)32-48(46)56(50)44-27-19-40(20-28-44)52(10,11)12/h13-32,49-50H,1-12H3. The lowest BCUT2D eigenvalue weighted by molar-refractivity contribution is 0.549. The van der Waals surface area contributed by atoms with Crippen molar-refractivity contribution in [3.05, 3.63) is 166 Å². The van der Waals surface area contributed by atoms with Crippen LogP contribution >= 0.6 is 0 Å². The predicted octanol–water partition coefficient (Wildman–Crippen LogP) is 14.1. The van der Waals surface area contributed by atoms with E-state index in [9.17, 15) is 0 Å². The summed E-state index contributed by atoms with van der Waals surface area (Å²) in [6.07, 6.45) is -0.378. The summed E-state index contributed by atoms with van der Waals surface area (Å²) < 4.78 is 0. The summed E-state index contributed by atoms with van der Waals surface area (Å²) in [5, 5.41) is 0. The summed E-state index contributed by atoms with van der Waals surface area (Å²) in [5.41, 5.74) is 20.0. The molecule has 8 rings (SSSR count). The number of nitrogens with zero attached hydrogens (tertiary/aromatic N) is 4. The van der Waals surface area contributed by atoms with Crippen molar-refractivity contribution in [2.24, 2.45) is 0 Å². The third-order valence-electron chi connectivity index (χ3n) is 12.2. The quantitative estimate of drug-likeness (QED) is 0.175. The molecule has 6 aromatic carbocycles. The second kappa shape index (κ2) is 13.6. The van der Waals surface area contributed by atoms with E-state index in [1.807, 2.05) is 0 Å². The SMILES string of the molecule is Cc1ccc(N2c3cc(C)c(C)cc3N(c3ccc(C(C)(C)C)cc3)C2C2N(c3ccc(C)cc3)c3cc(C)c(C)cc3N2c2ccc(C(C)(C)C)cc2)cc1. The molecule has 4 nitrogen and oxygen atoms in total. The zero-order chi connectivity index (χ0) is 39.8. The molecular formula is C52H58N4. The van der Waals surface area contributed by atoms with Gasteiger partial charge in [0.25, 0.3) is 0 Å². The van der Waals surface area contributed by atoms with E-state index < -0.39 is 0 Å². The largest absolute Gasteiger partial charge is 0.314 e. The Morgan fingerprint density at radius 1 is 0.321 bits per heavy atom. The van der Waals surface area contributed by atoms with Crippen molar-refractivity contribution in [3.8, 4) is 0 Å². The van der Waals surface area contributed by atoms with Crippen molar-refractivity contribution in [3.63, 3.8) is 0 Å². The van der Waals surface area contributed by atoms with Gasteiger partial charge in [-0.3, -0.25) is 0 Å². The zero-order valence-corrected chi connectivity index (χ0v) is 35.5. The van der Waals surface area contributed by atoms with Crippen LogP contribution in [0.1, 0.15) is 86.1 Å². The summed E-state index contributed by atoms with van der Waals surface area (Å²) in [6, 6.07) is 46.6. The van der Waals surface area contributed by atoms with E-state index in [2.05, 4.69) is 224 Å². The fourth-order valence-electron chi connectivity index (χ4n) is 8.50. The number of fused-ring (bicyclic) bond motifs is 2. The van der Waals surface area contributed by atoms with E-state index in [-0.39, 0.29) is 23.2 Å². The molecule has 0 saturated carbocycles. The molecule has 0 fully saturated rings. The van der Waals surface area contributed by atoms with Crippen molar-refractivity contribution < 1.29 is 0 Å². The van der Waals surface area contributed by atoms with Crippen molar-refractivity contribution in [2.75, 3.05) is 19.6 Å². The van der Waals surface area contributed by atoms with Crippen molar-refractivity contribution in [2.45, 2.75) is 106 Å². The van der Waals surface area contributed by atoms with Crippen LogP contribution in [0.25, 0.3) is 0 Å². The molecule has 56 heavy (non-hydrogen) atoms. The van der Waals surface area contributed by atoms with Crippen molar-refractivity contribution in [1.82, 2.24) is 0 Å². The molecule has 0 bridgehead atoms. The van der Waals surface area contributed by atoms with Gasteiger partial charge >= 0.3 is 0 Å². The van der Waals surface area contributed by atoms with E-state index in [4.69, 9.17) is 0 Å². The summed E-state index contributed by atoms with van der Waals surface area (Å²) in [7, 11) is 0. The zero-order valence-electron chi connectivity index (χ0n) is 35.5. The minimum Gasteiger partial charge on any atom is -0.314 e. The lowest BCUT2D eigenvalue weighted by Gasteiger charge is -2.44. The maximum atomic E-state index is 2.63. The maximum absolute atomic E-state index is 2.63. The first-order valence-corrected chi connectivity index (χ1v) is 20.2. The Labute approximate surface area is 336 Å². The van der Waals surface area contributed by atoms with Crippen LogP contribution in [-0.2, 0) is 10.8 Å². The fourth-order valence-corrected chi connectivity index (χ4v) is 8.50. The first kappa shape index (κ1) is 37.4.